The van der Waals surface area contributed by atoms with Gasteiger partial charge in [0.2, 0.25) is 0 Å². The molecule has 3 atom stereocenters. The third kappa shape index (κ3) is 3.98. The van der Waals surface area contributed by atoms with Crippen molar-refractivity contribution < 1.29 is 4.74 Å². The van der Waals surface area contributed by atoms with E-state index >= 15 is 0 Å². The first-order valence-electron chi connectivity index (χ1n) is 6.19. The molecule has 3 N–H and O–H groups in total. The number of hydrogen-bond acceptors (Lipinski definition) is 2. The maximum Gasteiger partial charge on any atom is 0.189 e. The molecule has 3 unspecified atom stereocenters. The summed E-state index contributed by atoms with van der Waals surface area (Å²) in [6.07, 6.45) is 3.89. The van der Waals surface area contributed by atoms with Crippen molar-refractivity contribution in [1.29, 1.82) is 0 Å². The molecule has 17 heavy (non-hydrogen) atoms. The van der Waals surface area contributed by atoms with Gasteiger partial charge in [-0.05, 0) is 40.0 Å². The average Bonchev–Trinajstić information content (AvgIpc) is 2.11. The quantitative estimate of drug-likeness (QED) is 0.430. The Morgan fingerprint density at radius 1 is 1.41 bits per heavy atom. The zero-order valence-electron chi connectivity index (χ0n) is 10.9. The number of nitrogens with zero attached hydrogens (tertiary/aromatic N) is 1. The number of nitrogens with one attached hydrogen (secondary N) is 1. The highest BCUT2D eigenvalue weighted by Gasteiger charge is 2.43. The molecule has 2 fully saturated rings. The van der Waals surface area contributed by atoms with Crippen LogP contribution in [0.1, 0.15) is 40.0 Å². The topological polar surface area (TPSA) is 59.6 Å². The second-order valence-electron chi connectivity index (χ2n) is 5.91. The Bertz CT molecular complexity index is 288. The first kappa shape index (κ1) is 15.0. The highest BCUT2D eigenvalue weighted by atomic mass is 127. The molecule has 5 heteroatoms. The molecule has 0 radical (unpaired) electrons. The molecule has 4 nitrogen and oxygen atoms in total. The molecule has 0 aromatic heterocycles. The van der Waals surface area contributed by atoms with Crippen molar-refractivity contribution >= 4 is 29.9 Å². The van der Waals surface area contributed by atoms with E-state index in [0.29, 0.717) is 24.0 Å². The summed E-state index contributed by atoms with van der Waals surface area (Å²) < 4.78 is 5.66. The minimum atomic E-state index is -0.0141. The minimum Gasteiger partial charge on any atom is -0.378 e. The summed E-state index contributed by atoms with van der Waals surface area (Å²) in [6.45, 7) is 7.18. The molecule has 1 aliphatic carbocycles. The normalized spacial score (nSPS) is 33.1. The average molecular weight is 353 g/mol. The van der Waals surface area contributed by atoms with Gasteiger partial charge in [-0.25, -0.2) is 4.99 Å². The van der Waals surface area contributed by atoms with Gasteiger partial charge in [-0.15, -0.1) is 24.0 Å². The fourth-order valence-corrected chi connectivity index (χ4v) is 2.51. The smallest absolute Gasteiger partial charge is 0.189 e. The fraction of sp³-hybridized carbons (Fsp3) is 0.917. The van der Waals surface area contributed by atoms with E-state index in [1.54, 1.807) is 0 Å². The number of nitrogens with two attached hydrogens (primary N) is 1. The standard InChI is InChI=1S/C12H23N3O.HI/c1-12(2,3)15-11(13)14-9-7-10-8(9)5-4-6-16-10;/h8-10H,4-7H2,1-3H3,(H3,13,14,15);1H. The monoisotopic (exact) mass is 353 g/mol. The van der Waals surface area contributed by atoms with E-state index < -0.39 is 0 Å². The van der Waals surface area contributed by atoms with Crippen molar-refractivity contribution in [2.75, 3.05) is 6.61 Å². The number of guanidine groups is 1. The van der Waals surface area contributed by atoms with Gasteiger partial charge in [0, 0.05) is 18.1 Å². The first-order valence-corrected chi connectivity index (χ1v) is 6.19. The van der Waals surface area contributed by atoms with Crippen LogP contribution in [0.3, 0.4) is 0 Å². The number of rotatable bonds is 1. The molecule has 1 saturated carbocycles. The summed E-state index contributed by atoms with van der Waals surface area (Å²) in [7, 11) is 0. The number of halogens is 1. The molecule has 1 aliphatic heterocycles. The molecule has 2 aliphatic rings. The minimum absolute atomic E-state index is 0. The molecule has 1 saturated heterocycles. The molecule has 0 aromatic rings. The van der Waals surface area contributed by atoms with Crippen LogP contribution >= 0.6 is 24.0 Å². The van der Waals surface area contributed by atoms with Crippen molar-refractivity contribution in [3.05, 3.63) is 0 Å². The van der Waals surface area contributed by atoms with Gasteiger partial charge in [-0.2, -0.15) is 0 Å². The Morgan fingerprint density at radius 3 is 2.71 bits per heavy atom. The van der Waals surface area contributed by atoms with E-state index in [1.165, 1.54) is 12.8 Å². The van der Waals surface area contributed by atoms with Crippen LogP contribution in [0.2, 0.25) is 0 Å². The van der Waals surface area contributed by atoms with Gasteiger partial charge >= 0.3 is 0 Å². The Balaban J connectivity index is 0.00000144. The Kier molecular flexibility index (Phi) is 5.07. The zero-order valence-corrected chi connectivity index (χ0v) is 13.2. The molecule has 0 spiro atoms. The van der Waals surface area contributed by atoms with Crippen LogP contribution in [0.15, 0.2) is 4.99 Å². The van der Waals surface area contributed by atoms with Crippen LogP contribution in [0, 0.1) is 5.92 Å². The van der Waals surface area contributed by atoms with Crippen molar-refractivity contribution in [1.82, 2.24) is 5.32 Å². The van der Waals surface area contributed by atoms with Gasteiger partial charge in [-0.3, -0.25) is 0 Å². The summed E-state index contributed by atoms with van der Waals surface area (Å²) in [4.78, 5) is 4.56. The van der Waals surface area contributed by atoms with Gasteiger partial charge in [-0.1, -0.05) is 0 Å². The van der Waals surface area contributed by atoms with E-state index in [9.17, 15) is 0 Å². The Hall–Kier alpha value is -0.0400. The van der Waals surface area contributed by atoms with Crippen LogP contribution in [-0.4, -0.2) is 30.3 Å². The predicted octanol–water partition coefficient (Wildman–Crippen LogP) is 1.87. The predicted molar refractivity (Wildman–Crippen MR) is 80.8 cm³/mol. The molecule has 0 bridgehead atoms. The van der Waals surface area contributed by atoms with Crippen molar-refractivity contribution in [3.63, 3.8) is 0 Å². The van der Waals surface area contributed by atoms with Crippen LogP contribution < -0.4 is 11.1 Å². The Morgan fingerprint density at radius 2 is 2.12 bits per heavy atom. The number of hydrogen-bond donors (Lipinski definition) is 2. The molecule has 1 heterocycles. The molecular formula is C12H24IN3O. The summed E-state index contributed by atoms with van der Waals surface area (Å²) in [5, 5.41) is 3.20. The van der Waals surface area contributed by atoms with Gasteiger partial charge in [0.1, 0.15) is 0 Å². The number of ether oxygens (including phenoxy) is 1. The van der Waals surface area contributed by atoms with Crippen molar-refractivity contribution in [2.45, 2.75) is 57.7 Å². The zero-order chi connectivity index (χ0) is 11.8. The maximum absolute atomic E-state index is 5.89. The van der Waals surface area contributed by atoms with Crippen molar-refractivity contribution in [2.24, 2.45) is 16.6 Å². The lowest BCUT2D eigenvalue weighted by Crippen LogP contribution is -2.52. The van der Waals surface area contributed by atoms with Crippen LogP contribution in [0.5, 0.6) is 0 Å². The van der Waals surface area contributed by atoms with Crippen LogP contribution in [-0.2, 0) is 4.74 Å². The molecule has 100 valence electrons. The van der Waals surface area contributed by atoms with Crippen LogP contribution in [0.4, 0.5) is 0 Å². The largest absolute Gasteiger partial charge is 0.378 e. The van der Waals surface area contributed by atoms with Gasteiger partial charge in [0.15, 0.2) is 5.96 Å². The third-order valence-electron chi connectivity index (χ3n) is 3.27. The fourth-order valence-electron chi connectivity index (χ4n) is 2.51. The number of aliphatic imine (C=N–C) groups is 1. The molecular weight excluding hydrogens is 329 g/mol. The van der Waals surface area contributed by atoms with Gasteiger partial charge in [0.25, 0.3) is 0 Å². The van der Waals surface area contributed by atoms with E-state index in [4.69, 9.17) is 10.5 Å². The summed E-state index contributed by atoms with van der Waals surface area (Å²) in [5.74, 6) is 1.18. The lowest BCUT2D eigenvalue weighted by molar-refractivity contribution is -0.0938. The molecule has 0 amide bonds. The summed E-state index contributed by atoms with van der Waals surface area (Å²) in [5.41, 5.74) is 5.88. The second kappa shape index (κ2) is 5.73. The summed E-state index contributed by atoms with van der Waals surface area (Å²) >= 11 is 0. The molecule has 2 rings (SSSR count). The maximum atomic E-state index is 5.89. The highest BCUT2D eigenvalue weighted by molar-refractivity contribution is 14.0. The molecule has 0 aromatic carbocycles. The SMILES string of the molecule is CC(C)(C)NC(N)=NC1CC2OCCCC12.I. The lowest BCUT2D eigenvalue weighted by atomic mass is 9.73. The van der Waals surface area contributed by atoms with E-state index in [0.717, 1.165) is 13.0 Å². The number of fused-ring (bicyclic) bond motifs is 1. The van der Waals surface area contributed by atoms with Crippen LogP contribution in [0.25, 0.3) is 0 Å². The van der Waals surface area contributed by atoms with Gasteiger partial charge < -0.3 is 15.8 Å². The van der Waals surface area contributed by atoms with Gasteiger partial charge in [0.05, 0.1) is 12.1 Å². The lowest BCUT2D eigenvalue weighted by Gasteiger charge is -2.45. The third-order valence-corrected chi connectivity index (χ3v) is 3.27. The highest BCUT2D eigenvalue weighted by Crippen LogP contribution is 2.39. The second-order valence-corrected chi connectivity index (χ2v) is 5.91. The van der Waals surface area contributed by atoms with E-state index in [-0.39, 0.29) is 29.5 Å². The summed E-state index contributed by atoms with van der Waals surface area (Å²) in [6, 6.07) is 0.375. The van der Waals surface area contributed by atoms with Crippen molar-refractivity contribution in [3.8, 4) is 0 Å². The van der Waals surface area contributed by atoms with E-state index in [1.807, 2.05) is 0 Å². The Labute approximate surface area is 121 Å². The first-order chi connectivity index (χ1) is 7.46. The van der Waals surface area contributed by atoms with E-state index in [2.05, 4.69) is 31.1 Å².